The van der Waals surface area contributed by atoms with Crippen molar-refractivity contribution >= 4 is 10.9 Å². The SMILES string of the molecule is CCCNCc1cccc2ncccc12. The summed E-state index contributed by atoms with van der Waals surface area (Å²) in [5, 5.41) is 4.67. The van der Waals surface area contributed by atoms with Gasteiger partial charge in [-0.05, 0) is 30.7 Å². The van der Waals surface area contributed by atoms with Crippen LogP contribution in [0.5, 0.6) is 0 Å². The van der Waals surface area contributed by atoms with Gasteiger partial charge in [0, 0.05) is 18.1 Å². The van der Waals surface area contributed by atoms with Gasteiger partial charge in [0.05, 0.1) is 5.52 Å². The van der Waals surface area contributed by atoms with Gasteiger partial charge < -0.3 is 5.32 Å². The summed E-state index contributed by atoms with van der Waals surface area (Å²) in [4.78, 5) is 4.34. The third kappa shape index (κ3) is 2.34. The van der Waals surface area contributed by atoms with Gasteiger partial charge in [-0.2, -0.15) is 0 Å². The maximum atomic E-state index is 4.34. The molecule has 0 unspecified atom stereocenters. The van der Waals surface area contributed by atoms with Crippen LogP contribution in [0.4, 0.5) is 0 Å². The van der Waals surface area contributed by atoms with Crippen LogP contribution in [0.1, 0.15) is 18.9 Å². The largest absolute Gasteiger partial charge is 0.313 e. The summed E-state index contributed by atoms with van der Waals surface area (Å²) in [6.07, 6.45) is 3.01. The number of nitrogens with one attached hydrogen (secondary N) is 1. The first-order valence-corrected chi connectivity index (χ1v) is 5.45. The monoisotopic (exact) mass is 200 g/mol. The van der Waals surface area contributed by atoms with Crippen LogP contribution in [-0.4, -0.2) is 11.5 Å². The van der Waals surface area contributed by atoms with E-state index in [1.807, 2.05) is 12.3 Å². The van der Waals surface area contributed by atoms with E-state index in [0.29, 0.717) is 0 Å². The van der Waals surface area contributed by atoms with Gasteiger partial charge in [0.25, 0.3) is 0 Å². The summed E-state index contributed by atoms with van der Waals surface area (Å²) in [5.41, 5.74) is 2.40. The number of benzene rings is 1. The molecule has 2 rings (SSSR count). The summed E-state index contributed by atoms with van der Waals surface area (Å²) < 4.78 is 0. The third-order valence-corrected chi connectivity index (χ3v) is 2.48. The number of aromatic nitrogens is 1. The lowest BCUT2D eigenvalue weighted by atomic mass is 10.1. The van der Waals surface area contributed by atoms with Crippen molar-refractivity contribution < 1.29 is 0 Å². The van der Waals surface area contributed by atoms with Crippen molar-refractivity contribution in [2.24, 2.45) is 0 Å². The second-order valence-electron chi connectivity index (χ2n) is 3.66. The lowest BCUT2D eigenvalue weighted by molar-refractivity contribution is 0.678. The van der Waals surface area contributed by atoms with Crippen LogP contribution in [0.25, 0.3) is 10.9 Å². The minimum absolute atomic E-state index is 0.927. The second kappa shape index (κ2) is 4.89. The van der Waals surface area contributed by atoms with Crippen LogP contribution < -0.4 is 5.32 Å². The molecule has 0 aliphatic carbocycles. The van der Waals surface area contributed by atoms with Gasteiger partial charge in [0.2, 0.25) is 0 Å². The highest BCUT2D eigenvalue weighted by molar-refractivity contribution is 5.81. The maximum absolute atomic E-state index is 4.34. The summed E-state index contributed by atoms with van der Waals surface area (Å²) in [6, 6.07) is 10.4. The van der Waals surface area contributed by atoms with E-state index in [4.69, 9.17) is 0 Å². The molecule has 78 valence electrons. The number of pyridine rings is 1. The number of fused-ring (bicyclic) bond motifs is 1. The second-order valence-corrected chi connectivity index (χ2v) is 3.66. The lowest BCUT2D eigenvalue weighted by Gasteiger charge is -2.06. The maximum Gasteiger partial charge on any atom is 0.0705 e. The molecule has 1 N–H and O–H groups in total. The highest BCUT2D eigenvalue weighted by atomic mass is 14.8. The average Bonchev–Trinajstić information content (AvgIpc) is 2.30. The van der Waals surface area contributed by atoms with Crippen molar-refractivity contribution in [2.75, 3.05) is 6.54 Å². The van der Waals surface area contributed by atoms with Crippen LogP contribution in [0, 0.1) is 0 Å². The van der Waals surface area contributed by atoms with Crippen molar-refractivity contribution in [3.05, 3.63) is 42.1 Å². The molecule has 2 heteroatoms. The van der Waals surface area contributed by atoms with Crippen LogP contribution in [0.15, 0.2) is 36.5 Å². The van der Waals surface area contributed by atoms with Crippen LogP contribution in [0.3, 0.4) is 0 Å². The third-order valence-electron chi connectivity index (χ3n) is 2.48. The minimum atomic E-state index is 0.927. The molecule has 1 aromatic carbocycles. The van der Waals surface area contributed by atoms with Crippen molar-refractivity contribution in [1.82, 2.24) is 10.3 Å². The molecule has 0 atom stereocenters. The first-order valence-electron chi connectivity index (χ1n) is 5.45. The van der Waals surface area contributed by atoms with Gasteiger partial charge in [-0.25, -0.2) is 0 Å². The molecule has 15 heavy (non-hydrogen) atoms. The van der Waals surface area contributed by atoms with Gasteiger partial charge in [-0.1, -0.05) is 25.1 Å². The molecular formula is C13H16N2. The van der Waals surface area contributed by atoms with E-state index in [2.05, 4.69) is 41.5 Å². The molecule has 0 saturated carbocycles. The highest BCUT2D eigenvalue weighted by Crippen LogP contribution is 2.15. The van der Waals surface area contributed by atoms with E-state index in [1.165, 1.54) is 17.4 Å². The predicted octanol–water partition coefficient (Wildman–Crippen LogP) is 2.73. The smallest absolute Gasteiger partial charge is 0.0705 e. The molecule has 0 aliphatic heterocycles. The fraction of sp³-hybridized carbons (Fsp3) is 0.308. The minimum Gasteiger partial charge on any atom is -0.313 e. The molecule has 0 fully saturated rings. The summed E-state index contributed by atoms with van der Waals surface area (Å²) in [5.74, 6) is 0. The first-order chi connectivity index (χ1) is 7.42. The molecular weight excluding hydrogens is 184 g/mol. The Morgan fingerprint density at radius 1 is 1.20 bits per heavy atom. The van der Waals surface area contributed by atoms with Gasteiger partial charge in [-0.15, -0.1) is 0 Å². The van der Waals surface area contributed by atoms with Crippen molar-refractivity contribution in [3.8, 4) is 0 Å². The van der Waals surface area contributed by atoms with E-state index in [1.54, 1.807) is 0 Å². The van der Waals surface area contributed by atoms with E-state index in [-0.39, 0.29) is 0 Å². The summed E-state index contributed by atoms with van der Waals surface area (Å²) >= 11 is 0. The number of nitrogens with zero attached hydrogens (tertiary/aromatic N) is 1. The van der Waals surface area contributed by atoms with E-state index in [9.17, 15) is 0 Å². The lowest BCUT2D eigenvalue weighted by Crippen LogP contribution is -2.13. The van der Waals surface area contributed by atoms with Crippen molar-refractivity contribution in [3.63, 3.8) is 0 Å². The molecule has 0 amide bonds. The Labute approximate surface area is 90.3 Å². The quantitative estimate of drug-likeness (QED) is 0.768. The van der Waals surface area contributed by atoms with Crippen LogP contribution >= 0.6 is 0 Å². The van der Waals surface area contributed by atoms with E-state index >= 15 is 0 Å². The molecule has 0 bridgehead atoms. The Kier molecular flexibility index (Phi) is 3.30. The topological polar surface area (TPSA) is 24.9 Å². The molecule has 2 aromatic rings. The number of rotatable bonds is 4. The number of hydrogen-bond donors (Lipinski definition) is 1. The van der Waals surface area contributed by atoms with Crippen LogP contribution in [0.2, 0.25) is 0 Å². The van der Waals surface area contributed by atoms with E-state index < -0.39 is 0 Å². The Morgan fingerprint density at radius 2 is 2.13 bits per heavy atom. The van der Waals surface area contributed by atoms with Gasteiger partial charge >= 0.3 is 0 Å². The molecule has 0 aliphatic rings. The fourth-order valence-corrected chi connectivity index (χ4v) is 1.72. The highest BCUT2D eigenvalue weighted by Gasteiger charge is 1.99. The zero-order chi connectivity index (χ0) is 10.5. The number of hydrogen-bond acceptors (Lipinski definition) is 2. The first kappa shape index (κ1) is 10.1. The Bertz CT molecular complexity index is 432. The molecule has 0 radical (unpaired) electrons. The van der Waals surface area contributed by atoms with E-state index in [0.717, 1.165) is 18.6 Å². The molecule has 0 spiro atoms. The fourth-order valence-electron chi connectivity index (χ4n) is 1.72. The Morgan fingerprint density at radius 3 is 3.00 bits per heavy atom. The Hall–Kier alpha value is -1.41. The zero-order valence-corrected chi connectivity index (χ0v) is 9.03. The van der Waals surface area contributed by atoms with Gasteiger partial charge in [-0.3, -0.25) is 4.98 Å². The van der Waals surface area contributed by atoms with Crippen molar-refractivity contribution in [1.29, 1.82) is 0 Å². The zero-order valence-electron chi connectivity index (χ0n) is 9.03. The molecule has 1 heterocycles. The summed E-state index contributed by atoms with van der Waals surface area (Å²) in [6.45, 7) is 4.17. The van der Waals surface area contributed by atoms with Crippen molar-refractivity contribution in [2.45, 2.75) is 19.9 Å². The standard InChI is InChI=1S/C13H16N2/c1-2-8-14-10-11-5-3-7-13-12(11)6-4-9-15-13/h3-7,9,14H,2,8,10H2,1H3. The Balaban J connectivity index is 2.26. The van der Waals surface area contributed by atoms with Gasteiger partial charge in [0.1, 0.15) is 0 Å². The summed E-state index contributed by atoms with van der Waals surface area (Å²) in [7, 11) is 0. The molecule has 2 nitrogen and oxygen atoms in total. The van der Waals surface area contributed by atoms with Crippen LogP contribution in [-0.2, 0) is 6.54 Å². The normalized spacial score (nSPS) is 10.7. The predicted molar refractivity (Wildman–Crippen MR) is 63.7 cm³/mol. The van der Waals surface area contributed by atoms with Gasteiger partial charge in [0.15, 0.2) is 0 Å². The molecule has 0 saturated heterocycles. The molecule has 1 aromatic heterocycles. The average molecular weight is 200 g/mol.